The molecule has 0 aliphatic heterocycles. The molecule has 0 fully saturated rings. The molecule has 0 unspecified atom stereocenters. The number of rotatable bonds is 18. The molecule has 0 saturated heterocycles. The third-order valence-electron chi connectivity index (χ3n) is 6.17. The molecule has 0 aliphatic rings. The average Bonchev–Trinajstić information content (AvgIpc) is 2.85. The minimum Gasteiger partial charge on any atom is -0.481 e. The van der Waals surface area contributed by atoms with Crippen molar-refractivity contribution in [2.24, 2.45) is 0 Å². The van der Waals surface area contributed by atoms with E-state index in [1.165, 1.54) is 62.8 Å². The maximum atomic E-state index is 10.7. The molecule has 5 N–H and O–H groups in total. The molecule has 0 spiro atoms. The fourth-order valence-corrected chi connectivity index (χ4v) is 4.69. The standard InChI is InChI=1S/C16H33O5P.C12H8O4/c17-16(18)14-12-10-8-6-4-2-1-3-5-7-9-11-13-15-22(19,20)21;13-11(14)9-3-1-7-5-10(12(15)16)4-2-8(7)6-9/h1-15H2,(H,17,18)(H2,19,20,21);1-6H,(H,13,14)(H,15,16). The van der Waals surface area contributed by atoms with Gasteiger partial charge in [0.05, 0.1) is 11.1 Å². The minimum atomic E-state index is -3.78. The van der Waals surface area contributed by atoms with Gasteiger partial charge in [-0.3, -0.25) is 9.36 Å². The largest absolute Gasteiger partial charge is 0.481 e. The summed E-state index contributed by atoms with van der Waals surface area (Å²) in [5.41, 5.74) is 0.381. The Morgan fingerprint density at radius 1 is 0.553 bits per heavy atom. The first kappa shape index (κ1) is 33.3. The lowest BCUT2D eigenvalue weighted by atomic mass is 10.0. The van der Waals surface area contributed by atoms with E-state index in [0.717, 1.165) is 38.5 Å². The first-order valence-electron chi connectivity index (χ1n) is 13.3. The van der Waals surface area contributed by atoms with E-state index in [0.29, 0.717) is 23.6 Å². The highest BCUT2D eigenvalue weighted by Crippen LogP contribution is 2.35. The molecular weight excluding hydrogens is 511 g/mol. The summed E-state index contributed by atoms with van der Waals surface area (Å²) in [5, 5.41) is 27.5. The SMILES string of the molecule is O=C(O)CCCCCCCCCCCCCCCP(=O)(O)O.O=C(O)c1ccc2cc(C(=O)O)ccc2c1. The number of aromatic carboxylic acids is 2. The fraction of sp³-hybridized carbons (Fsp3) is 0.536. The molecule has 0 atom stereocenters. The molecule has 0 heterocycles. The highest BCUT2D eigenvalue weighted by Gasteiger charge is 2.11. The topological polar surface area (TPSA) is 169 Å². The molecule has 0 aromatic heterocycles. The molecule has 0 saturated carbocycles. The molecule has 212 valence electrons. The summed E-state index contributed by atoms with van der Waals surface area (Å²) in [6, 6.07) is 9.15. The van der Waals surface area contributed by atoms with Crippen molar-refractivity contribution in [2.45, 2.75) is 89.9 Å². The number of fused-ring (bicyclic) bond motifs is 1. The molecule has 2 aromatic rings. The van der Waals surface area contributed by atoms with Crippen LogP contribution < -0.4 is 0 Å². The molecule has 0 radical (unpaired) electrons. The molecule has 2 aromatic carbocycles. The van der Waals surface area contributed by atoms with Crippen LogP contribution in [-0.2, 0) is 9.36 Å². The van der Waals surface area contributed by atoms with Gasteiger partial charge in [0.15, 0.2) is 0 Å². The molecule has 0 aliphatic carbocycles. The van der Waals surface area contributed by atoms with E-state index in [9.17, 15) is 18.9 Å². The number of aliphatic carboxylic acids is 1. The first-order chi connectivity index (χ1) is 18.0. The highest BCUT2D eigenvalue weighted by atomic mass is 31.2. The van der Waals surface area contributed by atoms with Gasteiger partial charge in [0.25, 0.3) is 0 Å². The molecule has 9 nitrogen and oxygen atoms in total. The van der Waals surface area contributed by atoms with Gasteiger partial charge in [0, 0.05) is 12.6 Å². The van der Waals surface area contributed by atoms with Gasteiger partial charge in [-0.15, -0.1) is 0 Å². The van der Waals surface area contributed by atoms with E-state index in [1.807, 2.05) is 0 Å². The van der Waals surface area contributed by atoms with Crippen molar-refractivity contribution >= 4 is 36.3 Å². The number of benzene rings is 2. The van der Waals surface area contributed by atoms with Crippen LogP contribution in [0.5, 0.6) is 0 Å². The van der Waals surface area contributed by atoms with E-state index in [4.69, 9.17) is 25.1 Å². The monoisotopic (exact) mass is 552 g/mol. The predicted octanol–water partition coefficient (Wildman–Crippen LogP) is 6.95. The van der Waals surface area contributed by atoms with E-state index in [1.54, 1.807) is 12.1 Å². The Bertz CT molecular complexity index is 1010. The van der Waals surface area contributed by atoms with Gasteiger partial charge in [-0.1, -0.05) is 82.8 Å². The van der Waals surface area contributed by atoms with Crippen LogP contribution in [-0.4, -0.2) is 49.2 Å². The van der Waals surface area contributed by atoms with Crippen LogP contribution in [0.2, 0.25) is 0 Å². The van der Waals surface area contributed by atoms with Crippen molar-refractivity contribution in [3.63, 3.8) is 0 Å². The Hall–Kier alpha value is -2.74. The highest BCUT2D eigenvalue weighted by molar-refractivity contribution is 7.51. The van der Waals surface area contributed by atoms with Gasteiger partial charge in [-0.25, -0.2) is 9.59 Å². The van der Waals surface area contributed by atoms with E-state index in [-0.39, 0.29) is 17.3 Å². The normalized spacial score (nSPS) is 11.1. The van der Waals surface area contributed by atoms with Gasteiger partial charge >= 0.3 is 25.5 Å². The lowest BCUT2D eigenvalue weighted by molar-refractivity contribution is -0.137. The third kappa shape index (κ3) is 16.2. The lowest BCUT2D eigenvalue weighted by Gasteiger charge is -2.04. The van der Waals surface area contributed by atoms with Gasteiger partial charge in [-0.05, 0) is 47.9 Å². The van der Waals surface area contributed by atoms with Crippen molar-refractivity contribution in [1.82, 2.24) is 0 Å². The maximum absolute atomic E-state index is 10.7. The molecule has 0 amide bonds. The van der Waals surface area contributed by atoms with Crippen molar-refractivity contribution < 1.29 is 44.1 Å². The van der Waals surface area contributed by atoms with Gasteiger partial charge in [-0.2, -0.15) is 0 Å². The smallest absolute Gasteiger partial charge is 0.335 e. The molecule has 38 heavy (non-hydrogen) atoms. The zero-order chi connectivity index (χ0) is 28.4. The third-order valence-corrected chi connectivity index (χ3v) is 7.07. The quantitative estimate of drug-likeness (QED) is 0.0970. The predicted molar refractivity (Wildman–Crippen MR) is 147 cm³/mol. The van der Waals surface area contributed by atoms with Crippen LogP contribution in [0.1, 0.15) is 111 Å². The van der Waals surface area contributed by atoms with Crippen molar-refractivity contribution in [3.05, 3.63) is 47.5 Å². The molecular formula is C28H41O9P. The Morgan fingerprint density at radius 2 is 0.895 bits per heavy atom. The Balaban J connectivity index is 0.000000396. The number of carboxylic acids is 3. The summed E-state index contributed by atoms with van der Waals surface area (Å²) in [6.45, 7) is 0. The second-order valence-corrected chi connectivity index (χ2v) is 11.3. The number of carbonyl (C=O) groups is 3. The molecule has 2 rings (SSSR count). The molecule has 10 heteroatoms. The van der Waals surface area contributed by atoms with Gasteiger partial charge < -0.3 is 25.1 Å². The van der Waals surface area contributed by atoms with Crippen molar-refractivity contribution in [2.75, 3.05) is 6.16 Å². The minimum absolute atomic E-state index is 0.0272. The summed E-state index contributed by atoms with van der Waals surface area (Å²) in [4.78, 5) is 49.2. The lowest BCUT2D eigenvalue weighted by Crippen LogP contribution is -1.97. The van der Waals surface area contributed by atoms with Crippen molar-refractivity contribution in [1.29, 1.82) is 0 Å². The fourth-order valence-electron chi connectivity index (χ4n) is 4.05. The van der Waals surface area contributed by atoms with Crippen LogP contribution in [0, 0.1) is 0 Å². The van der Waals surface area contributed by atoms with Crippen LogP contribution >= 0.6 is 7.60 Å². The summed E-state index contributed by atoms with van der Waals surface area (Å²) >= 11 is 0. The van der Waals surface area contributed by atoms with Gasteiger partial charge in [0.1, 0.15) is 0 Å². The van der Waals surface area contributed by atoms with E-state index in [2.05, 4.69) is 0 Å². The zero-order valence-electron chi connectivity index (χ0n) is 21.9. The Labute approximate surface area is 224 Å². The van der Waals surface area contributed by atoms with E-state index >= 15 is 0 Å². The number of carboxylic acid groups (broad SMARTS) is 3. The summed E-state index contributed by atoms with van der Waals surface area (Å²) in [5.74, 6) is -2.69. The first-order valence-corrected chi connectivity index (χ1v) is 15.1. The zero-order valence-corrected chi connectivity index (χ0v) is 22.8. The number of hydrogen-bond acceptors (Lipinski definition) is 4. The number of hydrogen-bond donors (Lipinski definition) is 5. The average molecular weight is 553 g/mol. The van der Waals surface area contributed by atoms with Gasteiger partial charge in [0.2, 0.25) is 0 Å². The van der Waals surface area contributed by atoms with Crippen LogP contribution in [0.3, 0.4) is 0 Å². The Morgan fingerprint density at radius 3 is 1.21 bits per heavy atom. The summed E-state index contributed by atoms with van der Waals surface area (Å²) < 4.78 is 10.6. The van der Waals surface area contributed by atoms with Crippen LogP contribution in [0.15, 0.2) is 36.4 Å². The Kier molecular flexibility index (Phi) is 16.2. The van der Waals surface area contributed by atoms with Crippen molar-refractivity contribution in [3.8, 4) is 0 Å². The molecule has 0 bridgehead atoms. The summed E-state index contributed by atoms with van der Waals surface area (Å²) in [7, 11) is -3.78. The van der Waals surface area contributed by atoms with Crippen LogP contribution in [0.25, 0.3) is 10.8 Å². The second kappa shape index (κ2) is 18.5. The van der Waals surface area contributed by atoms with E-state index < -0.39 is 25.5 Å². The van der Waals surface area contributed by atoms with Crippen LogP contribution in [0.4, 0.5) is 0 Å². The second-order valence-electron chi connectivity index (χ2n) is 9.52. The maximum Gasteiger partial charge on any atom is 0.335 e. The number of unbranched alkanes of at least 4 members (excludes halogenated alkanes) is 12. The summed E-state index contributed by atoms with van der Waals surface area (Å²) in [6.07, 6.45) is 14.5.